The molecule has 0 aliphatic rings. The van der Waals surface area contributed by atoms with Gasteiger partial charge >= 0.3 is 5.97 Å². The number of hydrogen-bond acceptors (Lipinski definition) is 7. The highest BCUT2D eigenvalue weighted by atomic mass is 35.5. The van der Waals surface area contributed by atoms with Crippen LogP contribution in [0.3, 0.4) is 0 Å². The van der Waals surface area contributed by atoms with Crippen molar-refractivity contribution >= 4 is 17.6 Å². The number of carbonyl (C=O) groups excluding carboxylic acids is 1. The van der Waals surface area contributed by atoms with E-state index in [1.165, 1.54) is 0 Å². The fourth-order valence-corrected chi connectivity index (χ4v) is 1.92. The van der Waals surface area contributed by atoms with Gasteiger partial charge in [-0.1, -0.05) is 10.3 Å². The summed E-state index contributed by atoms with van der Waals surface area (Å²) in [6, 6.07) is 0. The third kappa shape index (κ3) is 3.36. The minimum atomic E-state index is -0.581. The van der Waals surface area contributed by atoms with E-state index < -0.39 is 6.10 Å². The number of carbonyl (C=O) groups is 1. The van der Waals surface area contributed by atoms with E-state index in [2.05, 4.69) is 15.3 Å². The molecule has 0 spiro atoms. The summed E-state index contributed by atoms with van der Waals surface area (Å²) in [7, 11) is 0. The van der Waals surface area contributed by atoms with Crippen LogP contribution < -0.4 is 0 Å². The van der Waals surface area contributed by atoms with Crippen LogP contribution >= 0.6 is 11.6 Å². The summed E-state index contributed by atoms with van der Waals surface area (Å²) >= 11 is 5.82. The average molecular weight is 300 g/mol. The summed E-state index contributed by atoms with van der Waals surface area (Å²) in [6.07, 6.45) is -0.00955. The molecule has 20 heavy (non-hydrogen) atoms. The molecular formula is C12H14ClN3O4. The van der Waals surface area contributed by atoms with Crippen molar-refractivity contribution in [3.8, 4) is 0 Å². The number of rotatable bonds is 5. The number of aryl methyl sites for hydroxylation is 2. The monoisotopic (exact) mass is 299 g/mol. The van der Waals surface area contributed by atoms with Crippen LogP contribution in [-0.2, 0) is 16.0 Å². The number of hydrogen-bond donors (Lipinski definition) is 0. The van der Waals surface area contributed by atoms with Gasteiger partial charge in [-0.3, -0.25) is 4.79 Å². The number of esters is 1. The topological polar surface area (TPSA) is 91.2 Å². The first-order valence-corrected chi connectivity index (χ1v) is 6.45. The van der Waals surface area contributed by atoms with Crippen molar-refractivity contribution in [3.63, 3.8) is 0 Å². The van der Waals surface area contributed by atoms with Gasteiger partial charge < -0.3 is 13.8 Å². The van der Waals surface area contributed by atoms with E-state index in [1.54, 1.807) is 20.8 Å². The van der Waals surface area contributed by atoms with Crippen molar-refractivity contribution < 1.29 is 18.6 Å². The Labute approximate surface area is 120 Å². The van der Waals surface area contributed by atoms with E-state index >= 15 is 0 Å². The van der Waals surface area contributed by atoms with Crippen molar-refractivity contribution in [2.75, 3.05) is 0 Å². The Bertz CT molecular complexity index is 588. The maximum absolute atomic E-state index is 11.7. The van der Waals surface area contributed by atoms with Crippen molar-refractivity contribution in [1.29, 1.82) is 0 Å². The smallest absolute Gasteiger partial charge is 0.306 e. The summed E-state index contributed by atoms with van der Waals surface area (Å²) in [5, 5.41) is 7.56. The molecule has 0 amide bonds. The molecule has 0 N–H and O–H groups in total. The quantitative estimate of drug-likeness (QED) is 0.783. The highest BCUT2D eigenvalue weighted by Crippen LogP contribution is 2.21. The summed E-state index contributed by atoms with van der Waals surface area (Å²) in [6.45, 7) is 5.13. The maximum Gasteiger partial charge on any atom is 0.306 e. The third-order valence-corrected chi connectivity index (χ3v) is 3.01. The Balaban J connectivity index is 1.87. The van der Waals surface area contributed by atoms with Crippen LogP contribution in [0.2, 0.25) is 5.22 Å². The Kier molecular flexibility index (Phi) is 4.39. The molecule has 0 radical (unpaired) electrons. The van der Waals surface area contributed by atoms with E-state index in [4.69, 9.17) is 25.4 Å². The van der Waals surface area contributed by atoms with E-state index in [0.29, 0.717) is 23.5 Å². The van der Waals surface area contributed by atoms with Crippen molar-refractivity contribution in [3.05, 3.63) is 28.2 Å². The van der Waals surface area contributed by atoms with E-state index in [1.807, 2.05) is 0 Å². The van der Waals surface area contributed by atoms with Crippen molar-refractivity contribution in [2.45, 2.75) is 39.7 Å². The first-order chi connectivity index (χ1) is 9.47. The second-order valence-electron chi connectivity index (χ2n) is 4.33. The summed E-state index contributed by atoms with van der Waals surface area (Å²) in [5.41, 5.74) is 1.38. The van der Waals surface area contributed by atoms with Gasteiger partial charge in [0.25, 0.3) is 5.89 Å². The minimum Gasteiger partial charge on any atom is -0.453 e. The number of ether oxygens (including phenoxy) is 1. The van der Waals surface area contributed by atoms with Crippen molar-refractivity contribution in [1.82, 2.24) is 15.3 Å². The summed E-state index contributed by atoms with van der Waals surface area (Å²) < 4.78 is 14.9. The van der Waals surface area contributed by atoms with E-state index in [9.17, 15) is 4.79 Å². The second-order valence-corrected chi connectivity index (χ2v) is 4.68. The zero-order valence-corrected chi connectivity index (χ0v) is 12.1. The SMILES string of the molecule is Cc1noc([C@@H](C)OC(=O)CCc2c(C)noc2Cl)n1. The van der Waals surface area contributed by atoms with Crippen LogP contribution in [0.4, 0.5) is 0 Å². The second kappa shape index (κ2) is 6.04. The molecule has 0 bridgehead atoms. The summed E-state index contributed by atoms with van der Waals surface area (Å²) in [5.74, 6) is 0.384. The Hall–Kier alpha value is -1.89. The van der Waals surface area contributed by atoms with Crippen LogP contribution in [0.5, 0.6) is 0 Å². The molecule has 0 unspecified atom stereocenters. The number of nitrogens with zero attached hydrogens (tertiary/aromatic N) is 3. The zero-order chi connectivity index (χ0) is 14.7. The molecule has 2 aromatic heterocycles. The molecule has 7 nitrogen and oxygen atoms in total. The molecule has 2 rings (SSSR count). The van der Waals surface area contributed by atoms with Crippen LogP contribution in [0.25, 0.3) is 0 Å². The standard InChI is InChI=1S/C12H14ClN3O4/c1-6-9(11(13)19-15-6)4-5-10(17)18-7(2)12-14-8(3)16-20-12/h7H,4-5H2,1-3H3/t7-/m1/s1. The molecule has 0 aliphatic carbocycles. The van der Waals surface area contributed by atoms with Gasteiger partial charge in [0.2, 0.25) is 5.22 Å². The van der Waals surface area contributed by atoms with Gasteiger partial charge in [0.1, 0.15) is 0 Å². The predicted octanol–water partition coefficient (Wildman–Crippen LogP) is 2.56. The molecular weight excluding hydrogens is 286 g/mol. The molecule has 0 saturated heterocycles. The van der Waals surface area contributed by atoms with Gasteiger partial charge in [-0.05, 0) is 38.8 Å². The minimum absolute atomic E-state index is 0.166. The first kappa shape index (κ1) is 14.5. The molecule has 2 heterocycles. The largest absolute Gasteiger partial charge is 0.453 e. The van der Waals surface area contributed by atoms with Gasteiger partial charge in [0.05, 0.1) is 5.69 Å². The number of aromatic nitrogens is 3. The van der Waals surface area contributed by atoms with Crippen LogP contribution in [0.1, 0.15) is 42.4 Å². The fraction of sp³-hybridized carbons (Fsp3) is 0.500. The van der Waals surface area contributed by atoms with E-state index in [0.717, 1.165) is 0 Å². The average Bonchev–Trinajstić information content (AvgIpc) is 2.95. The molecule has 1 atom stereocenters. The molecule has 0 fully saturated rings. The zero-order valence-electron chi connectivity index (χ0n) is 11.3. The Morgan fingerprint density at radius 1 is 1.35 bits per heavy atom. The van der Waals surface area contributed by atoms with Gasteiger partial charge in [0.15, 0.2) is 11.9 Å². The van der Waals surface area contributed by atoms with Gasteiger partial charge in [-0.25, -0.2) is 0 Å². The van der Waals surface area contributed by atoms with E-state index in [-0.39, 0.29) is 23.5 Å². The lowest BCUT2D eigenvalue weighted by atomic mass is 10.1. The lowest BCUT2D eigenvalue weighted by molar-refractivity contribution is -0.149. The van der Waals surface area contributed by atoms with Gasteiger partial charge in [-0.15, -0.1) is 0 Å². The maximum atomic E-state index is 11.7. The van der Waals surface area contributed by atoms with Crippen LogP contribution in [0, 0.1) is 13.8 Å². The Morgan fingerprint density at radius 2 is 2.10 bits per heavy atom. The lowest BCUT2D eigenvalue weighted by Gasteiger charge is -2.08. The normalized spacial score (nSPS) is 12.4. The highest BCUT2D eigenvalue weighted by molar-refractivity contribution is 6.29. The van der Waals surface area contributed by atoms with Gasteiger partial charge in [-0.2, -0.15) is 4.98 Å². The molecule has 0 saturated carbocycles. The predicted molar refractivity (Wildman–Crippen MR) is 68.1 cm³/mol. The number of halogens is 1. The van der Waals surface area contributed by atoms with Gasteiger partial charge in [0, 0.05) is 12.0 Å². The molecule has 2 aromatic rings. The first-order valence-electron chi connectivity index (χ1n) is 6.07. The Morgan fingerprint density at radius 3 is 2.65 bits per heavy atom. The van der Waals surface area contributed by atoms with Crippen LogP contribution in [0.15, 0.2) is 9.05 Å². The molecule has 8 heteroatoms. The summed E-state index contributed by atoms with van der Waals surface area (Å²) in [4.78, 5) is 15.7. The molecule has 108 valence electrons. The fourth-order valence-electron chi connectivity index (χ4n) is 1.65. The lowest BCUT2D eigenvalue weighted by Crippen LogP contribution is -2.10. The van der Waals surface area contributed by atoms with Crippen molar-refractivity contribution in [2.24, 2.45) is 0 Å². The van der Waals surface area contributed by atoms with Crippen LogP contribution in [-0.4, -0.2) is 21.3 Å². The molecule has 0 aromatic carbocycles. The highest BCUT2D eigenvalue weighted by Gasteiger charge is 2.19. The third-order valence-electron chi connectivity index (χ3n) is 2.72. The molecule has 0 aliphatic heterocycles.